The monoisotopic (exact) mass is 421 g/mol. The van der Waals surface area contributed by atoms with Gasteiger partial charge < -0.3 is 9.52 Å². The van der Waals surface area contributed by atoms with Crippen LogP contribution in [0.5, 0.6) is 0 Å². The molecular weight excluding hydrogens is 394 g/mol. The molecule has 1 aliphatic heterocycles. The van der Waals surface area contributed by atoms with Crippen LogP contribution >= 0.6 is 23.8 Å². The summed E-state index contributed by atoms with van der Waals surface area (Å²) in [5.74, 6) is 2.18. The van der Waals surface area contributed by atoms with E-state index in [0.717, 1.165) is 62.5 Å². The molecule has 1 aromatic heterocycles. The van der Waals surface area contributed by atoms with Crippen molar-refractivity contribution in [2.75, 3.05) is 19.7 Å². The summed E-state index contributed by atoms with van der Waals surface area (Å²) in [7, 11) is 0. The van der Waals surface area contributed by atoms with Crippen LogP contribution in [0.15, 0.2) is 28.7 Å². The molecule has 1 aromatic carbocycles. The van der Waals surface area contributed by atoms with E-state index >= 15 is 0 Å². The molecule has 0 bridgehead atoms. The van der Waals surface area contributed by atoms with Gasteiger partial charge in [-0.15, -0.1) is 5.10 Å². The Labute approximate surface area is 176 Å². The Morgan fingerprint density at radius 1 is 1.04 bits per heavy atom. The smallest absolute Gasteiger partial charge is 0.288 e. The molecule has 4 rings (SSSR count). The Kier molecular flexibility index (Phi) is 6.51. The second-order valence-electron chi connectivity index (χ2n) is 8.19. The van der Waals surface area contributed by atoms with Gasteiger partial charge in [-0.2, -0.15) is 0 Å². The number of nitrogens with zero attached hydrogens (tertiary/aromatic N) is 3. The normalized spacial score (nSPS) is 24.5. The molecule has 1 aliphatic carbocycles. The van der Waals surface area contributed by atoms with Crippen molar-refractivity contribution in [1.29, 1.82) is 0 Å². The quantitative estimate of drug-likeness (QED) is 0.691. The van der Waals surface area contributed by atoms with Crippen molar-refractivity contribution >= 4 is 23.8 Å². The summed E-state index contributed by atoms with van der Waals surface area (Å²) in [6.07, 6.45) is 6.48. The van der Waals surface area contributed by atoms with Crippen molar-refractivity contribution in [3.8, 4) is 0 Å². The van der Waals surface area contributed by atoms with Gasteiger partial charge in [-0.1, -0.05) is 23.7 Å². The minimum absolute atomic E-state index is 0.292. The van der Waals surface area contributed by atoms with Crippen LogP contribution in [0.1, 0.15) is 61.8 Å². The first-order chi connectivity index (χ1) is 13.6. The molecule has 7 heteroatoms. The molecule has 1 N–H and O–H groups in total. The first kappa shape index (κ1) is 20.1. The molecule has 1 saturated carbocycles. The largest absolute Gasteiger partial charge is 0.414 e. The van der Waals surface area contributed by atoms with Crippen molar-refractivity contribution in [2.45, 2.75) is 57.0 Å². The van der Waals surface area contributed by atoms with Crippen LogP contribution in [-0.4, -0.2) is 39.5 Å². The van der Waals surface area contributed by atoms with Gasteiger partial charge in [0.05, 0.1) is 6.67 Å². The lowest BCUT2D eigenvalue weighted by molar-refractivity contribution is 0.105. The SMILES string of the molecule is OCC1CCN(Cn2nc(C3CCC(c4ccc(Cl)cc4)CC3)oc2=S)CC1. The number of piperidine rings is 1. The highest BCUT2D eigenvalue weighted by molar-refractivity contribution is 7.71. The van der Waals surface area contributed by atoms with Crippen LogP contribution in [0.2, 0.25) is 5.02 Å². The minimum atomic E-state index is 0.292. The van der Waals surface area contributed by atoms with Crippen LogP contribution in [0, 0.1) is 10.8 Å². The van der Waals surface area contributed by atoms with Crippen molar-refractivity contribution in [3.05, 3.63) is 45.6 Å². The number of aliphatic hydroxyl groups excluding tert-OH is 1. The molecular formula is C21H28ClN3O2S. The summed E-state index contributed by atoms with van der Waals surface area (Å²) >= 11 is 11.4. The lowest BCUT2D eigenvalue weighted by Gasteiger charge is -2.30. The van der Waals surface area contributed by atoms with Gasteiger partial charge in [0, 0.05) is 30.6 Å². The van der Waals surface area contributed by atoms with Gasteiger partial charge in [0.1, 0.15) is 0 Å². The Hall–Kier alpha value is -1.21. The van der Waals surface area contributed by atoms with Gasteiger partial charge in [-0.3, -0.25) is 4.90 Å². The Morgan fingerprint density at radius 3 is 2.32 bits per heavy atom. The fourth-order valence-corrected chi connectivity index (χ4v) is 4.80. The van der Waals surface area contributed by atoms with Crippen LogP contribution in [-0.2, 0) is 6.67 Å². The van der Waals surface area contributed by atoms with Crippen LogP contribution < -0.4 is 0 Å². The van der Waals surface area contributed by atoms with Crippen LogP contribution in [0.3, 0.4) is 0 Å². The van der Waals surface area contributed by atoms with Gasteiger partial charge in [-0.05, 0) is 80.3 Å². The number of hydrogen-bond acceptors (Lipinski definition) is 5. The summed E-state index contributed by atoms with van der Waals surface area (Å²) in [5, 5.41) is 14.8. The Bertz CT molecular complexity index is 819. The minimum Gasteiger partial charge on any atom is -0.414 e. The molecule has 5 nitrogen and oxygen atoms in total. The number of halogens is 1. The second kappa shape index (κ2) is 9.08. The first-order valence-electron chi connectivity index (χ1n) is 10.3. The molecule has 152 valence electrons. The highest BCUT2D eigenvalue weighted by atomic mass is 35.5. The van der Waals surface area contributed by atoms with E-state index in [9.17, 15) is 5.11 Å². The van der Waals surface area contributed by atoms with Gasteiger partial charge in [0.2, 0.25) is 5.89 Å². The molecule has 0 radical (unpaired) electrons. The maximum absolute atomic E-state index is 9.29. The maximum Gasteiger partial charge on any atom is 0.288 e. The Balaban J connectivity index is 1.34. The van der Waals surface area contributed by atoms with Gasteiger partial charge in [-0.25, -0.2) is 4.68 Å². The van der Waals surface area contributed by atoms with E-state index in [4.69, 9.17) is 33.3 Å². The zero-order valence-corrected chi connectivity index (χ0v) is 17.7. The maximum atomic E-state index is 9.29. The molecule has 2 aliphatic rings. The second-order valence-corrected chi connectivity index (χ2v) is 8.98. The Morgan fingerprint density at radius 2 is 1.68 bits per heavy atom. The van der Waals surface area contributed by atoms with E-state index in [1.54, 1.807) is 0 Å². The molecule has 1 saturated heterocycles. The standard InChI is InChI=1S/C21H28ClN3O2S/c22-19-7-5-17(6-8-19)16-1-3-18(4-2-16)20-23-25(21(28)27-20)14-24-11-9-15(13-26)10-12-24/h5-8,15-16,18,26H,1-4,9-14H2. The van der Waals surface area contributed by atoms with Crippen LogP contribution in [0.25, 0.3) is 0 Å². The zero-order chi connectivity index (χ0) is 19.5. The van der Waals surface area contributed by atoms with E-state index in [-0.39, 0.29) is 0 Å². The molecule has 2 fully saturated rings. The summed E-state index contributed by atoms with van der Waals surface area (Å²) < 4.78 is 7.71. The number of hydrogen-bond donors (Lipinski definition) is 1. The lowest BCUT2D eigenvalue weighted by atomic mass is 9.79. The highest BCUT2D eigenvalue weighted by Crippen LogP contribution is 2.40. The molecule has 0 spiro atoms. The molecule has 2 heterocycles. The third-order valence-corrected chi connectivity index (χ3v) is 6.89. The number of aliphatic hydroxyl groups is 1. The summed E-state index contributed by atoms with van der Waals surface area (Å²) in [5.41, 5.74) is 1.38. The molecule has 2 aromatic rings. The number of rotatable bonds is 5. The predicted octanol–water partition coefficient (Wildman–Crippen LogP) is 4.96. The molecule has 28 heavy (non-hydrogen) atoms. The lowest BCUT2D eigenvalue weighted by Crippen LogP contribution is -2.36. The van der Waals surface area contributed by atoms with E-state index in [1.807, 2.05) is 16.8 Å². The fraction of sp³-hybridized carbons (Fsp3) is 0.619. The summed E-state index contributed by atoms with van der Waals surface area (Å²) in [6, 6.07) is 8.25. The average Bonchev–Trinajstić information content (AvgIpc) is 3.09. The van der Waals surface area contributed by atoms with Crippen molar-refractivity contribution < 1.29 is 9.52 Å². The summed E-state index contributed by atoms with van der Waals surface area (Å²) in [4.78, 5) is 2.81. The number of likely N-dealkylation sites (tertiary alicyclic amines) is 1. The van der Waals surface area contributed by atoms with E-state index < -0.39 is 0 Å². The van der Waals surface area contributed by atoms with Gasteiger partial charge in [0.25, 0.3) is 4.84 Å². The van der Waals surface area contributed by atoms with E-state index in [0.29, 0.717) is 35.9 Å². The molecule has 0 unspecified atom stereocenters. The predicted molar refractivity (Wildman–Crippen MR) is 112 cm³/mol. The topological polar surface area (TPSA) is 54.4 Å². The third-order valence-electron chi connectivity index (χ3n) is 6.34. The van der Waals surface area contributed by atoms with Gasteiger partial charge in [0.15, 0.2) is 0 Å². The van der Waals surface area contributed by atoms with Crippen molar-refractivity contribution in [2.24, 2.45) is 5.92 Å². The molecule has 0 atom stereocenters. The van der Waals surface area contributed by atoms with Crippen molar-refractivity contribution in [3.63, 3.8) is 0 Å². The number of benzene rings is 1. The summed E-state index contributed by atoms with van der Waals surface area (Å²) in [6.45, 7) is 2.92. The fourth-order valence-electron chi connectivity index (χ4n) is 4.49. The molecule has 0 amide bonds. The first-order valence-corrected chi connectivity index (χ1v) is 11.1. The van der Waals surface area contributed by atoms with E-state index in [1.165, 1.54) is 5.56 Å². The number of aromatic nitrogens is 2. The third kappa shape index (κ3) is 4.67. The van der Waals surface area contributed by atoms with E-state index in [2.05, 4.69) is 17.0 Å². The van der Waals surface area contributed by atoms with Gasteiger partial charge >= 0.3 is 0 Å². The highest BCUT2D eigenvalue weighted by Gasteiger charge is 2.27. The zero-order valence-electron chi connectivity index (χ0n) is 16.1. The van der Waals surface area contributed by atoms with Crippen molar-refractivity contribution in [1.82, 2.24) is 14.7 Å². The van der Waals surface area contributed by atoms with Crippen LogP contribution in [0.4, 0.5) is 0 Å². The average molecular weight is 422 g/mol.